The third-order valence-electron chi connectivity index (χ3n) is 3.97. The van der Waals surface area contributed by atoms with Gasteiger partial charge in [-0.2, -0.15) is 0 Å². The number of hydrogen-bond acceptors (Lipinski definition) is 4. The number of nitrogens with one attached hydrogen (secondary N) is 2. The van der Waals surface area contributed by atoms with Gasteiger partial charge in [-0.3, -0.25) is 0 Å². The molecule has 2 aromatic carbocycles. The van der Waals surface area contributed by atoms with E-state index in [9.17, 15) is 4.79 Å². The van der Waals surface area contributed by atoms with Gasteiger partial charge in [-0.05, 0) is 42.4 Å². The molecule has 3 rings (SSSR count). The summed E-state index contributed by atoms with van der Waals surface area (Å²) in [5, 5.41) is 6.37. The number of esters is 1. The van der Waals surface area contributed by atoms with E-state index in [2.05, 4.69) is 10.6 Å². The molecule has 1 heterocycles. The fourth-order valence-corrected chi connectivity index (χ4v) is 2.70. The van der Waals surface area contributed by atoms with Crippen LogP contribution in [0.1, 0.15) is 18.1 Å². The van der Waals surface area contributed by atoms with Crippen molar-refractivity contribution in [2.45, 2.75) is 20.1 Å². The van der Waals surface area contributed by atoms with Crippen molar-refractivity contribution in [2.24, 2.45) is 0 Å². The molecule has 2 N–H and O–H groups in total. The highest BCUT2D eigenvalue weighted by Crippen LogP contribution is 2.16. The summed E-state index contributed by atoms with van der Waals surface area (Å²) < 4.78 is 11.1. The first-order valence-electron chi connectivity index (χ1n) is 8.29. The highest BCUT2D eigenvalue weighted by molar-refractivity contribution is 7.80. The Morgan fingerprint density at radius 3 is 2.42 bits per heavy atom. The number of ether oxygens (including phenoxy) is 2. The highest BCUT2D eigenvalue weighted by Gasteiger charge is 2.19. The van der Waals surface area contributed by atoms with E-state index < -0.39 is 0 Å². The molecule has 0 atom stereocenters. The first-order valence-corrected chi connectivity index (χ1v) is 8.70. The molecule has 26 heavy (non-hydrogen) atoms. The summed E-state index contributed by atoms with van der Waals surface area (Å²) in [6.07, 6.45) is 0. The van der Waals surface area contributed by atoms with Crippen molar-refractivity contribution < 1.29 is 14.3 Å². The van der Waals surface area contributed by atoms with Gasteiger partial charge in [0.15, 0.2) is 5.11 Å². The van der Waals surface area contributed by atoms with Crippen LogP contribution >= 0.6 is 12.2 Å². The molecule has 0 radical (unpaired) electrons. The summed E-state index contributed by atoms with van der Waals surface area (Å²) in [6, 6.07) is 17.5. The Hall–Kier alpha value is -2.86. The van der Waals surface area contributed by atoms with Crippen molar-refractivity contribution in [3.63, 3.8) is 0 Å². The fourth-order valence-electron chi connectivity index (χ4n) is 2.48. The summed E-state index contributed by atoms with van der Waals surface area (Å²) in [7, 11) is 0. The largest absolute Gasteiger partial charge is 0.489 e. The third-order valence-corrected chi connectivity index (χ3v) is 4.21. The average Bonchev–Trinajstić information content (AvgIpc) is 2.66. The van der Waals surface area contributed by atoms with Crippen LogP contribution in [0.25, 0.3) is 0 Å². The summed E-state index contributed by atoms with van der Waals surface area (Å²) in [4.78, 5) is 12.2. The lowest BCUT2D eigenvalue weighted by atomic mass is 10.2. The van der Waals surface area contributed by atoms with Crippen LogP contribution in [-0.2, 0) is 22.7 Å². The minimum absolute atomic E-state index is 0.207. The Balaban J connectivity index is 1.50. The minimum Gasteiger partial charge on any atom is -0.489 e. The molecule has 0 saturated heterocycles. The smallest absolute Gasteiger partial charge is 0.337 e. The number of allylic oxidation sites excluding steroid dienone is 1. The van der Waals surface area contributed by atoms with Gasteiger partial charge in [-0.25, -0.2) is 4.79 Å². The van der Waals surface area contributed by atoms with Gasteiger partial charge in [0, 0.05) is 5.70 Å². The normalized spacial score (nSPS) is 13.7. The molecule has 6 heteroatoms. The van der Waals surface area contributed by atoms with Crippen molar-refractivity contribution in [2.75, 3.05) is 6.54 Å². The summed E-state index contributed by atoms with van der Waals surface area (Å²) in [5.41, 5.74) is 3.30. The standard InChI is InChI=1S/C20H20N2O3S/c1-14-18(11-21-20(26)22-14)19(23)25-13-16-7-9-17(10-8-16)24-12-15-5-3-2-4-6-15/h2-10H,11-13H2,1H3,(H2,21,22,26). The maximum absolute atomic E-state index is 12.2. The Labute approximate surface area is 158 Å². The van der Waals surface area contributed by atoms with Crippen LogP contribution in [-0.4, -0.2) is 17.6 Å². The van der Waals surface area contributed by atoms with Crippen LogP contribution in [0.15, 0.2) is 65.9 Å². The van der Waals surface area contributed by atoms with Crippen LogP contribution < -0.4 is 15.4 Å². The zero-order chi connectivity index (χ0) is 18.4. The predicted octanol–water partition coefficient (Wildman–Crippen LogP) is 3.06. The molecule has 2 aromatic rings. The zero-order valence-corrected chi connectivity index (χ0v) is 15.3. The molecule has 0 aromatic heterocycles. The number of carbonyl (C=O) groups is 1. The van der Waals surface area contributed by atoms with Gasteiger partial charge in [-0.1, -0.05) is 42.5 Å². The van der Waals surface area contributed by atoms with E-state index in [1.54, 1.807) is 0 Å². The number of hydrogen-bond donors (Lipinski definition) is 2. The van der Waals surface area contributed by atoms with Gasteiger partial charge in [0.25, 0.3) is 0 Å². The van der Waals surface area contributed by atoms with E-state index in [4.69, 9.17) is 21.7 Å². The van der Waals surface area contributed by atoms with Crippen LogP contribution in [0.2, 0.25) is 0 Å². The number of benzene rings is 2. The van der Waals surface area contributed by atoms with Crippen LogP contribution in [0.4, 0.5) is 0 Å². The topological polar surface area (TPSA) is 59.6 Å². The van der Waals surface area contributed by atoms with Crippen LogP contribution in [0, 0.1) is 0 Å². The molecule has 0 amide bonds. The first-order chi connectivity index (χ1) is 12.6. The highest BCUT2D eigenvalue weighted by atomic mass is 32.1. The fraction of sp³-hybridized carbons (Fsp3) is 0.200. The number of thiocarbonyl (C=S) groups is 1. The van der Waals surface area contributed by atoms with Gasteiger partial charge in [0.2, 0.25) is 0 Å². The Morgan fingerprint density at radius 2 is 1.73 bits per heavy atom. The first kappa shape index (κ1) is 17.9. The quantitative estimate of drug-likeness (QED) is 0.604. The molecule has 0 spiro atoms. The van der Waals surface area contributed by atoms with Crippen molar-refractivity contribution >= 4 is 23.3 Å². The van der Waals surface area contributed by atoms with Gasteiger partial charge < -0.3 is 20.1 Å². The van der Waals surface area contributed by atoms with Gasteiger partial charge in [0.05, 0.1) is 12.1 Å². The molecule has 1 aliphatic rings. The predicted molar refractivity (Wildman–Crippen MR) is 103 cm³/mol. The minimum atomic E-state index is -0.352. The Kier molecular flexibility index (Phi) is 5.86. The van der Waals surface area contributed by atoms with Gasteiger partial charge in [0.1, 0.15) is 19.0 Å². The van der Waals surface area contributed by atoms with Crippen LogP contribution in [0.5, 0.6) is 5.75 Å². The molecule has 0 fully saturated rings. The molecule has 1 aliphatic heterocycles. The molecular weight excluding hydrogens is 348 g/mol. The SMILES string of the molecule is CC1=C(C(=O)OCc2ccc(OCc3ccccc3)cc2)CNC(=S)N1. The third kappa shape index (κ3) is 4.83. The van der Waals surface area contributed by atoms with Crippen molar-refractivity contribution in [3.8, 4) is 5.75 Å². The zero-order valence-electron chi connectivity index (χ0n) is 14.5. The second-order valence-electron chi connectivity index (χ2n) is 5.91. The van der Waals surface area contributed by atoms with E-state index in [-0.39, 0.29) is 12.6 Å². The lowest BCUT2D eigenvalue weighted by Gasteiger charge is -2.20. The molecule has 0 unspecified atom stereocenters. The van der Waals surface area contributed by atoms with E-state index in [1.165, 1.54) is 0 Å². The summed E-state index contributed by atoms with van der Waals surface area (Å²) >= 11 is 5.01. The lowest BCUT2D eigenvalue weighted by Crippen LogP contribution is -2.42. The van der Waals surface area contributed by atoms with E-state index >= 15 is 0 Å². The van der Waals surface area contributed by atoms with E-state index in [0.717, 1.165) is 22.6 Å². The molecule has 5 nitrogen and oxygen atoms in total. The molecule has 0 aliphatic carbocycles. The van der Waals surface area contributed by atoms with Crippen molar-refractivity contribution in [3.05, 3.63) is 77.0 Å². The maximum atomic E-state index is 12.2. The molecule has 0 saturated carbocycles. The molecule has 134 valence electrons. The molecular formula is C20H20N2O3S. The number of carbonyl (C=O) groups excluding carboxylic acids is 1. The van der Waals surface area contributed by atoms with Crippen molar-refractivity contribution in [1.82, 2.24) is 10.6 Å². The van der Waals surface area contributed by atoms with Crippen LogP contribution in [0.3, 0.4) is 0 Å². The second-order valence-corrected chi connectivity index (χ2v) is 6.31. The molecule has 0 bridgehead atoms. The summed E-state index contributed by atoms with van der Waals surface area (Å²) in [6.45, 7) is 2.91. The average molecular weight is 368 g/mol. The number of rotatable bonds is 6. The monoisotopic (exact) mass is 368 g/mol. The maximum Gasteiger partial charge on any atom is 0.337 e. The Bertz CT molecular complexity index is 817. The lowest BCUT2D eigenvalue weighted by molar-refractivity contribution is -0.140. The van der Waals surface area contributed by atoms with E-state index in [1.807, 2.05) is 61.5 Å². The van der Waals surface area contributed by atoms with Gasteiger partial charge in [-0.15, -0.1) is 0 Å². The van der Waals surface area contributed by atoms with Gasteiger partial charge >= 0.3 is 5.97 Å². The van der Waals surface area contributed by atoms with E-state index in [0.29, 0.717) is 23.8 Å². The Morgan fingerprint density at radius 1 is 1.04 bits per heavy atom. The summed E-state index contributed by atoms with van der Waals surface area (Å²) in [5.74, 6) is 0.422. The second kappa shape index (κ2) is 8.49. The van der Waals surface area contributed by atoms with Crippen molar-refractivity contribution in [1.29, 1.82) is 0 Å².